The molecule has 0 saturated carbocycles. The van der Waals surface area contributed by atoms with E-state index in [0.717, 1.165) is 11.2 Å². The molecule has 0 amide bonds. The minimum Gasteiger partial charge on any atom is -0.399 e. The summed E-state index contributed by atoms with van der Waals surface area (Å²) in [7, 11) is -0.316. The maximum atomic E-state index is 6.12. The molecule has 0 aromatic carbocycles. The van der Waals surface area contributed by atoms with Crippen molar-refractivity contribution in [2.45, 2.75) is 58.7 Å². The molecule has 2 rings (SSSR count). The summed E-state index contributed by atoms with van der Waals surface area (Å²) >= 11 is 2.33. The summed E-state index contributed by atoms with van der Waals surface area (Å²) in [5.74, 6) is 0.364. The molecule has 0 radical (unpaired) electrons. The lowest BCUT2D eigenvalue weighted by atomic mass is 9.77. The summed E-state index contributed by atoms with van der Waals surface area (Å²) in [5.41, 5.74) is 1.53. The maximum Gasteiger partial charge on any atom is 0.498 e. The van der Waals surface area contributed by atoms with Crippen LogP contribution in [0, 0.1) is 0 Å². The van der Waals surface area contributed by atoms with Gasteiger partial charge in [-0.25, -0.2) is 4.45 Å². The van der Waals surface area contributed by atoms with E-state index in [4.69, 9.17) is 9.31 Å². The minimum absolute atomic E-state index is 0.305. The normalized spacial score (nSPS) is 22.0. The van der Waals surface area contributed by atoms with Gasteiger partial charge in [0.1, 0.15) is 0 Å². The Labute approximate surface area is 130 Å². The van der Waals surface area contributed by atoms with Gasteiger partial charge in [-0.2, -0.15) is 5.10 Å². The van der Waals surface area contributed by atoms with E-state index < -0.39 is 0 Å². The highest BCUT2D eigenvalue weighted by Crippen LogP contribution is 2.37. The average molecular weight is 394 g/mol. The Balaban J connectivity index is 2.36. The molecule has 1 saturated heterocycles. The van der Waals surface area contributed by atoms with Crippen LogP contribution in [0.4, 0.5) is 0 Å². The predicted molar refractivity (Wildman–Crippen MR) is 89.8 cm³/mol. The van der Waals surface area contributed by atoms with Crippen molar-refractivity contribution in [1.29, 1.82) is 0 Å². The Morgan fingerprint density at radius 1 is 1.26 bits per heavy atom. The quantitative estimate of drug-likeness (QED) is 0.449. The van der Waals surface area contributed by atoms with Gasteiger partial charge in [0.2, 0.25) is 0 Å². The Bertz CT molecular complexity index is 460. The lowest BCUT2D eigenvalue weighted by Gasteiger charge is -2.32. The molecule has 0 spiro atoms. The molecule has 0 aliphatic carbocycles. The first-order chi connectivity index (χ1) is 8.68. The summed E-state index contributed by atoms with van der Waals surface area (Å²) in [6.45, 7) is 12.6. The van der Waals surface area contributed by atoms with E-state index in [9.17, 15) is 0 Å². The van der Waals surface area contributed by atoms with Crippen molar-refractivity contribution in [3.63, 3.8) is 0 Å². The van der Waals surface area contributed by atoms with Gasteiger partial charge in [0.15, 0.2) is 0 Å². The largest absolute Gasteiger partial charge is 0.498 e. The summed E-state index contributed by atoms with van der Waals surface area (Å²) in [6, 6.07) is 0. The van der Waals surface area contributed by atoms with Crippen molar-refractivity contribution in [1.82, 2.24) is 9.55 Å². The lowest BCUT2D eigenvalue weighted by Crippen LogP contribution is -2.41. The van der Waals surface area contributed by atoms with Crippen LogP contribution in [0.2, 0.25) is 0 Å². The van der Waals surface area contributed by atoms with E-state index in [2.05, 4.69) is 74.9 Å². The molecule has 4 nitrogen and oxygen atoms in total. The molecule has 106 valence electrons. The Hall–Kier alpha value is 0.355. The van der Waals surface area contributed by atoms with Gasteiger partial charge in [0.25, 0.3) is 0 Å². The number of hydrogen-bond acceptors (Lipinski definition) is 3. The summed E-state index contributed by atoms with van der Waals surface area (Å²) < 4.78 is 14.2. The first kappa shape index (κ1) is 15.7. The first-order valence-corrected chi connectivity index (χ1v) is 10.6. The van der Waals surface area contributed by atoms with E-state index in [-0.39, 0.29) is 18.3 Å². The van der Waals surface area contributed by atoms with Crippen LogP contribution in [0.1, 0.15) is 53.2 Å². The van der Waals surface area contributed by atoms with Crippen LogP contribution >= 0.6 is 28.4 Å². The van der Waals surface area contributed by atoms with Crippen molar-refractivity contribution in [2.75, 3.05) is 0 Å². The second kappa shape index (κ2) is 5.28. The molecular formula is C12H21BIN2O2P. The average Bonchev–Trinajstić information content (AvgIpc) is 2.78. The minimum atomic E-state index is -0.316. The second-order valence-corrected chi connectivity index (χ2v) is 8.32. The Kier molecular flexibility index (Phi) is 4.37. The SMILES string of the molecule is CC(C)c1nn(PI)cc1B1OC(C)(C)C(C)(C)O1. The number of aromatic nitrogens is 2. The van der Waals surface area contributed by atoms with Gasteiger partial charge in [0.05, 0.1) is 23.3 Å². The first-order valence-electron chi connectivity index (χ1n) is 6.49. The van der Waals surface area contributed by atoms with Crippen molar-refractivity contribution in [3.8, 4) is 0 Å². The van der Waals surface area contributed by atoms with Crippen LogP contribution in [0.5, 0.6) is 0 Å². The van der Waals surface area contributed by atoms with E-state index in [0.29, 0.717) is 12.3 Å². The second-order valence-electron chi connectivity index (χ2n) is 6.24. The van der Waals surface area contributed by atoms with Crippen molar-refractivity contribution in [3.05, 3.63) is 11.9 Å². The monoisotopic (exact) mass is 394 g/mol. The van der Waals surface area contributed by atoms with E-state index >= 15 is 0 Å². The van der Waals surface area contributed by atoms with Gasteiger partial charge in [-0.15, -0.1) is 0 Å². The van der Waals surface area contributed by atoms with Crippen molar-refractivity contribution >= 4 is 41.0 Å². The zero-order valence-corrected chi connectivity index (χ0v) is 15.5. The molecule has 19 heavy (non-hydrogen) atoms. The molecule has 0 bridgehead atoms. The van der Waals surface area contributed by atoms with Crippen LogP contribution in [0.25, 0.3) is 0 Å². The van der Waals surface area contributed by atoms with Crippen LogP contribution < -0.4 is 5.46 Å². The van der Waals surface area contributed by atoms with E-state index in [1.807, 2.05) is 4.45 Å². The fraction of sp³-hybridized carbons (Fsp3) is 0.750. The third kappa shape index (κ3) is 2.87. The molecule has 1 aliphatic rings. The van der Waals surface area contributed by atoms with Gasteiger partial charge in [-0.3, -0.25) is 0 Å². The topological polar surface area (TPSA) is 36.3 Å². The van der Waals surface area contributed by atoms with Gasteiger partial charge < -0.3 is 9.31 Å². The van der Waals surface area contributed by atoms with Crippen molar-refractivity contribution in [2.24, 2.45) is 0 Å². The smallest absolute Gasteiger partial charge is 0.399 e. The third-order valence-electron chi connectivity index (χ3n) is 3.91. The molecule has 2 heterocycles. The van der Waals surface area contributed by atoms with Gasteiger partial charge in [-0.1, -0.05) is 13.8 Å². The van der Waals surface area contributed by atoms with Crippen LogP contribution in [0.15, 0.2) is 6.20 Å². The molecule has 1 unspecified atom stereocenters. The van der Waals surface area contributed by atoms with Gasteiger partial charge in [-0.05, 0) is 55.7 Å². The Morgan fingerprint density at radius 2 is 1.79 bits per heavy atom. The zero-order chi connectivity index (χ0) is 14.4. The van der Waals surface area contributed by atoms with Gasteiger partial charge >= 0.3 is 7.12 Å². The molecule has 0 N–H and O–H groups in total. The molecular weight excluding hydrogens is 373 g/mol. The summed E-state index contributed by atoms with van der Waals surface area (Å²) in [5, 5.41) is 4.63. The summed E-state index contributed by atoms with van der Waals surface area (Å²) in [4.78, 5) is 0. The van der Waals surface area contributed by atoms with E-state index in [1.54, 1.807) is 0 Å². The molecule has 7 heteroatoms. The Morgan fingerprint density at radius 3 is 2.21 bits per heavy atom. The molecule has 1 fully saturated rings. The fourth-order valence-corrected chi connectivity index (χ4v) is 3.12. The molecule has 1 aromatic heterocycles. The highest BCUT2D eigenvalue weighted by molar-refractivity contribution is 14.2. The standard InChI is InChI=1S/C12H21BIN2O2P/c1-8(2)10-9(7-16(15-10)19-14)13-17-11(3,4)12(5,6)18-13/h7-8,19H,1-6H3. The third-order valence-corrected chi connectivity index (χ3v) is 5.80. The summed E-state index contributed by atoms with van der Waals surface area (Å²) in [6.07, 6.45) is 2.65. The highest BCUT2D eigenvalue weighted by Gasteiger charge is 2.52. The van der Waals surface area contributed by atoms with Crippen LogP contribution in [-0.4, -0.2) is 27.9 Å². The maximum absolute atomic E-state index is 6.12. The van der Waals surface area contributed by atoms with E-state index in [1.165, 1.54) is 0 Å². The van der Waals surface area contributed by atoms with Gasteiger partial charge in [0, 0.05) is 11.7 Å². The molecule has 1 aliphatic heterocycles. The molecule has 1 aromatic rings. The number of hydrogen-bond donors (Lipinski definition) is 0. The number of halogens is 1. The number of rotatable bonds is 3. The fourth-order valence-electron chi connectivity index (χ4n) is 2.04. The lowest BCUT2D eigenvalue weighted by molar-refractivity contribution is 0.00578. The molecule has 1 atom stereocenters. The zero-order valence-electron chi connectivity index (χ0n) is 12.3. The van der Waals surface area contributed by atoms with Crippen molar-refractivity contribution < 1.29 is 9.31 Å². The highest BCUT2D eigenvalue weighted by atomic mass is 127. The predicted octanol–water partition coefficient (Wildman–Crippen LogP) is 3.10. The van der Waals surface area contributed by atoms with Crippen LogP contribution in [-0.2, 0) is 9.31 Å². The number of nitrogens with zero attached hydrogens (tertiary/aromatic N) is 2. The van der Waals surface area contributed by atoms with Crippen LogP contribution in [0.3, 0.4) is 0 Å².